The molecule has 0 aromatic carbocycles. The van der Waals surface area contributed by atoms with Gasteiger partial charge in [-0.2, -0.15) is 10.2 Å². The molecule has 29 heavy (non-hydrogen) atoms. The van der Waals surface area contributed by atoms with E-state index in [1.807, 2.05) is 0 Å². The van der Waals surface area contributed by atoms with Crippen LogP contribution in [-0.4, -0.2) is 41.1 Å². The minimum absolute atomic E-state index is 0.0238. The Labute approximate surface area is 166 Å². The second-order valence-corrected chi connectivity index (χ2v) is 7.83. The second-order valence-electron chi connectivity index (χ2n) is 7.83. The second kappa shape index (κ2) is 7.34. The maximum Gasteiger partial charge on any atom is 0.345 e. The number of aryl methyl sites for hydroxylation is 1. The van der Waals surface area contributed by atoms with Crippen molar-refractivity contribution >= 4 is 5.91 Å². The van der Waals surface area contributed by atoms with E-state index in [2.05, 4.69) is 20.5 Å². The number of furan rings is 1. The molecule has 0 radical (unpaired) electrons. The standard InChI is InChI=1S/C19H23N7O3/c27-18(16-5-4-15(29-16)10-24-12-20-11-21-24)22-14-3-6-17-23-26(9-13-1-2-13)19(28)25(17)8-7-14/h4-5,11-14H,1-3,6-10H2,(H,22,27). The summed E-state index contributed by atoms with van der Waals surface area (Å²) in [5, 5.41) is 11.6. The zero-order valence-corrected chi connectivity index (χ0v) is 16.0. The molecule has 10 nitrogen and oxygen atoms in total. The number of hydrogen-bond donors (Lipinski definition) is 1. The fourth-order valence-electron chi connectivity index (χ4n) is 3.75. The molecular weight excluding hydrogens is 374 g/mol. The molecule has 3 aromatic heterocycles. The predicted molar refractivity (Wildman–Crippen MR) is 101 cm³/mol. The molecule has 0 saturated heterocycles. The van der Waals surface area contributed by atoms with Crippen molar-refractivity contribution in [2.75, 3.05) is 0 Å². The third-order valence-electron chi connectivity index (χ3n) is 5.55. The Balaban J connectivity index is 1.19. The average molecular weight is 397 g/mol. The lowest BCUT2D eigenvalue weighted by Crippen LogP contribution is -2.35. The van der Waals surface area contributed by atoms with Crippen molar-refractivity contribution in [3.63, 3.8) is 0 Å². The zero-order chi connectivity index (χ0) is 19.8. The van der Waals surface area contributed by atoms with Gasteiger partial charge in [0, 0.05) is 25.6 Å². The van der Waals surface area contributed by atoms with Crippen molar-refractivity contribution in [2.45, 2.75) is 57.8 Å². The van der Waals surface area contributed by atoms with Crippen LogP contribution in [0.2, 0.25) is 0 Å². The third-order valence-corrected chi connectivity index (χ3v) is 5.55. The van der Waals surface area contributed by atoms with Crippen molar-refractivity contribution in [1.29, 1.82) is 0 Å². The number of hydrogen-bond acceptors (Lipinski definition) is 6. The van der Waals surface area contributed by atoms with Gasteiger partial charge >= 0.3 is 5.69 Å². The van der Waals surface area contributed by atoms with Crippen LogP contribution >= 0.6 is 0 Å². The van der Waals surface area contributed by atoms with Gasteiger partial charge < -0.3 is 9.73 Å². The van der Waals surface area contributed by atoms with Crippen LogP contribution in [0.3, 0.4) is 0 Å². The molecule has 152 valence electrons. The van der Waals surface area contributed by atoms with Crippen molar-refractivity contribution < 1.29 is 9.21 Å². The van der Waals surface area contributed by atoms with E-state index in [1.54, 1.807) is 32.4 Å². The van der Waals surface area contributed by atoms with Gasteiger partial charge in [0.05, 0.1) is 0 Å². The summed E-state index contributed by atoms with van der Waals surface area (Å²) in [6.07, 6.45) is 7.54. The van der Waals surface area contributed by atoms with Crippen LogP contribution in [0.15, 0.2) is 34.0 Å². The summed E-state index contributed by atoms with van der Waals surface area (Å²) in [4.78, 5) is 29.0. The van der Waals surface area contributed by atoms with Crippen LogP contribution in [-0.2, 0) is 26.1 Å². The monoisotopic (exact) mass is 397 g/mol. The number of aromatic nitrogens is 6. The molecule has 5 rings (SSSR count). The smallest absolute Gasteiger partial charge is 0.345 e. The molecule has 1 amide bonds. The Kier molecular flexibility index (Phi) is 4.53. The fourth-order valence-corrected chi connectivity index (χ4v) is 3.75. The first-order chi connectivity index (χ1) is 14.2. The van der Waals surface area contributed by atoms with Crippen LogP contribution in [0.4, 0.5) is 0 Å². The highest BCUT2D eigenvalue weighted by molar-refractivity contribution is 5.91. The quantitative estimate of drug-likeness (QED) is 0.659. The Morgan fingerprint density at radius 3 is 2.93 bits per heavy atom. The van der Waals surface area contributed by atoms with E-state index in [-0.39, 0.29) is 23.4 Å². The van der Waals surface area contributed by atoms with E-state index in [9.17, 15) is 9.59 Å². The van der Waals surface area contributed by atoms with Gasteiger partial charge in [-0.25, -0.2) is 19.1 Å². The maximum absolute atomic E-state index is 12.6. The van der Waals surface area contributed by atoms with Crippen LogP contribution in [0.1, 0.15) is 47.8 Å². The Morgan fingerprint density at radius 2 is 2.14 bits per heavy atom. The first kappa shape index (κ1) is 17.9. The molecule has 1 N–H and O–H groups in total. The molecule has 1 fully saturated rings. The van der Waals surface area contributed by atoms with Gasteiger partial charge in [0.25, 0.3) is 5.91 Å². The van der Waals surface area contributed by atoms with Gasteiger partial charge in [-0.3, -0.25) is 9.36 Å². The van der Waals surface area contributed by atoms with E-state index < -0.39 is 0 Å². The molecular formula is C19H23N7O3. The Hall–Kier alpha value is -3.17. The third kappa shape index (κ3) is 3.87. The molecule has 0 bridgehead atoms. The summed E-state index contributed by atoms with van der Waals surface area (Å²) < 4.78 is 10.7. The normalized spacial score (nSPS) is 19.0. The summed E-state index contributed by atoms with van der Waals surface area (Å²) in [5.74, 6) is 2.10. The number of carbonyl (C=O) groups is 1. The minimum Gasteiger partial charge on any atom is -0.454 e. The van der Waals surface area contributed by atoms with Gasteiger partial charge in [-0.1, -0.05) is 0 Å². The van der Waals surface area contributed by atoms with E-state index in [0.29, 0.717) is 37.6 Å². The van der Waals surface area contributed by atoms with Gasteiger partial charge in [-0.15, -0.1) is 0 Å². The van der Waals surface area contributed by atoms with Crippen LogP contribution in [0.5, 0.6) is 0 Å². The molecule has 10 heteroatoms. The van der Waals surface area contributed by atoms with E-state index in [0.717, 1.165) is 18.8 Å². The lowest BCUT2D eigenvalue weighted by Gasteiger charge is -2.15. The molecule has 1 aliphatic heterocycles. The first-order valence-electron chi connectivity index (χ1n) is 10.0. The fraction of sp³-hybridized carbons (Fsp3) is 0.526. The summed E-state index contributed by atoms with van der Waals surface area (Å²) in [6.45, 7) is 1.72. The van der Waals surface area contributed by atoms with E-state index in [1.165, 1.54) is 19.2 Å². The highest BCUT2D eigenvalue weighted by Crippen LogP contribution is 2.30. The molecule has 3 aromatic rings. The molecule has 1 unspecified atom stereocenters. The van der Waals surface area contributed by atoms with Crippen LogP contribution in [0, 0.1) is 5.92 Å². The molecule has 1 aliphatic carbocycles. The SMILES string of the molecule is O=C(NC1CCc2nn(CC3CC3)c(=O)n2CC1)c1ccc(Cn2cncn2)o1. The molecule has 1 atom stereocenters. The van der Waals surface area contributed by atoms with Crippen molar-refractivity contribution in [3.05, 3.63) is 52.6 Å². The Bertz CT molecular complexity index is 1060. The maximum atomic E-state index is 12.6. The Morgan fingerprint density at radius 1 is 1.24 bits per heavy atom. The zero-order valence-electron chi connectivity index (χ0n) is 16.0. The number of nitrogens with one attached hydrogen (secondary N) is 1. The van der Waals surface area contributed by atoms with Gasteiger partial charge in [0.15, 0.2) is 5.76 Å². The average Bonchev–Trinajstić information content (AvgIpc) is 3.09. The number of fused-ring (bicyclic) bond motifs is 1. The van der Waals surface area contributed by atoms with Crippen LogP contribution in [0.25, 0.3) is 0 Å². The highest BCUT2D eigenvalue weighted by atomic mass is 16.4. The predicted octanol–water partition coefficient (Wildman–Crippen LogP) is 0.822. The van der Waals surface area contributed by atoms with E-state index in [4.69, 9.17) is 4.42 Å². The van der Waals surface area contributed by atoms with Gasteiger partial charge in [-0.05, 0) is 43.7 Å². The lowest BCUT2D eigenvalue weighted by atomic mass is 10.1. The summed E-state index contributed by atoms with van der Waals surface area (Å²) in [5.41, 5.74) is -0.0253. The van der Waals surface area contributed by atoms with Crippen LogP contribution < -0.4 is 11.0 Å². The molecule has 1 saturated carbocycles. The van der Waals surface area contributed by atoms with Crippen molar-refractivity contribution in [2.24, 2.45) is 5.92 Å². The lowest BCUT2D eigenvalue weighted by molar-refractivity contribution is 0.0902. The summed E-state index contributed by atoms with van der Waals surface area (Å²) >= 11 is 0. The number of nitrogens with zero attached hydrogens (tertiary/aromatic N) is 6. The summed E-state index contributed by atoms with van der Waals surface area (Å²) in [6, 6.07) is 3.41. The topological polar surface area (TPSA) is 113 Å². The minimum atomic E-state index is -0.245. The number of rotatable bonds is 6. The number of amides is 1. The first-order valence-corrected chi connectivity index (χ1v) is 10.0. The molecule has 0 spiro atoms. The number of carbonyl (C=O) groups excluding carboxylic acids is 1. The largest absolute Gasteiger partial charge is 0.454 e. The van der Waals surface area contributed by atoms with E-state index >= 15 is 0 Å². The van der Waals surface area contributed by atoms with Gasteiger partial charge in [0.1, 0.15) is 30.8 Å². The molecule has 4 heterocycles. The summed E-state index contributed by atoms with van der Waals surface area (Å²) in [7, 11) is 0. The van der Waals surface area contributed by atoms with Crippen molar-refractivity contribution in [1.82, 2.24) is 34.4 Å². The van der Waals surface area contributed by atoms with Gasteiger partial charge in [0.2, 0.25) is 0 Å². The molecule has 2 aliphatic rings. The highest BCUT2D eigenvalue weighted by Gasteiger charge is 2.27. The van der Waals surface area contributed by atoms with Crippen molar-refractivity contribution in [3.8, 4) is 0 Å².